The number of hydrogen-bond donors (Lipinski definition) is 1. The minimum Gasteiger partial charge on any atom is -0.361 e. The first kappa shape index (κ1) is 15.7. The van der Waals surface area contributed by atoms with Gasteiger partial charge in [-0.1, -0.05) is 28.9 Å². The largest absolute Gasteiger partial charge is 0.361 e. The summed E-state index contributed by atoms with van der Waals surface area (Å²) in [5.74, 6) is 0.242. The number of carbonyl (C=O) groups is 1. The van der Waals surface area contributed by atoms with Crippen molar-refractivity contribution >= 4 is 34.0 Å². The molecule has 0 atom stereocenters. The highest BCUT2D eigenvalue weighted by atomic mass is 35.5. The average Bonchev–Trinajstić information content (AvgIpc) is 3.08. The maximum atomic E-state index is 12.3. The Labute approximate surface area is 142 Å². The van der Waals surface area contributed by atoms with Crippen molar-refractivity contribution in [3.05, 3.63) is 62.9 Å². The third-order valence-electron chi connectivity index (χ3n) is 3.33. The number of amides is 1. The molecule has 0 saturated heterocycles. The van der Waals surface area contributed by atoms with Gasteiger partial charge in [0.05, 0.1) is 5.69 Å². The lowest BCUT2D eigenvalue weighted by Gasteiger charge is -2.00. The summed E-state index contributed by atoms with van der Waals surface area (Å²) < 4.78 is 5.01. The highest BCUT2D eigenvalue weighted by molar-refractivity contribution is 7.15. The quantitative estimate of drug-likeness (QED) is 0.766. The number of hydrogen-bond acceptors (Lipinski definition) is 5. The van der Waals surface area contributed by atoms with Crippen LogP contribution in [0.15, 0.2) is 35.0 Å². The van der Waals surface area contributed by atoms with E-state index in [2.05, 4.69) is 15.5 Å². The number of nitrogens with one attached hydrogen (secondary N) is 1. The first-order chi connectivity index (χ1) is 11.0. The molecule has 1 aromatic carbocycles. The third kappa shape index (κ3) is 3.60. The second-order valence-corrected chi connectivity index (χ2v) is 6.64. The van der Waals surface area contributed by atoms with Gasteiger partial charge in [0.2, 0.25) is 0 Å². The molecule has 0 aliphatic heterocycles. The van der Waals surface area contributed by atoms with E-state index in [9.17, 15) is 4.79 Å². The second-order valence-electron chi connectivity index (χ2n) is 5.09. The molecule has 0 aliphatic carbocycles. The van der Waals surface area contributed by atoms with Crippen LogP contribution in [-0.2, 0) is 6.42 Å². The summed E-state index contributed by atoms with van der Waals surface area (Å²) >= 11 is 7.32. The van der Waals surface area contributed by atoms with Crippen LogP contribution >= 0.6 is 22.9 Å². The summed E-state index contributed by atoms with van der Waals surface area (Å²) in [6.07, 6.45) is 2.51. The molecule has 5 nitrogen and oxygen atoms in total. The van der Waals surface area contributed by atoms with Gasteiger partial charge in [-0.25, -0.2) is 4.98 Å². The fraction of sp³-hybridized carbons (Fsp3) is 0.188. The average molecular weight is 348 g/mol. The van der Waals surface area contributed by atoms with Crippen molar-refractivity contribution in [3.8, 4) is 0 Å². The number of carbonyl (C=O) groups excluding carboxylic acids is 1. The first-order valence-electron chi connectivity index (χ1n) is 6.96. The van der Waals surface area contributed by atoms with E-state index in [4.69, 9.17) is 16.1 Å². The summed E-state index contributed by atoms with van der Waals surface area (Å²) in [5.41, 5.74) is 2.17. The monoisotopic (exact) mass is 347 g/mol. The first-order valence-corrected chi connectivity index (χ1v) is 8.16. The number of anilines is 1. The van der Waals surface area contributed by atoms with Gasteiger partial charge in [-0.2, -0.15) is 0 Å². The zero-order valence-electron chi connectivity index (χ0n) is 12.6. The zero-order chi connectivity index (χ0) is 16.4. The summed E-state index contributed by atoms with van der Waals surface area (Å²) in [7, 11) is 0. The number of thiazole rings is 1. The molecular weight excluding hydrogens is 334 g/mol. The van der Waals surface area contributed by atoms with Crippen molar-refractivity contribution in [2.75, 3.05) is 5.32 Å². The topological polar surface area (TPSA) is 68.0 Å². The number of aromatic nitrogens is 2. The zero-order valence-corrected chi connectivity index (χ0v) is 14.2. The molecule has 1 N–H and O–H groups in total. The van der Waals surface area contributed by atoms with Gasteiger partial charge >= 0.3 is 0 Å². The van der Waals surface area contributed by atoms with Crippen LogP contribution in [0.2, 0.25) is 5.02 Å². The molecular formula is C16H14ClN3O2S. The normalized spacial score (nSPS) is 10.7. The minimum atomic E-state index is -0.256. The van der Waals surface area contributed by atoms with Gasteiger partial charge in [0.15, 0.2) is 5.13 Å². The van der Waals surface area contributed by atoms with E-state index in [1.807, 2.05) is 24.3 Å². The Kier molecular flexibility index (Phi) is 4.45. The molecule has 23 heavy (non-hydrogen) atoms. The predicted molar refractivity (Wildman–Crippen MR) is 90.3 cm³/mol. The molecule has 0 fully saturated rings. The van der Waals surface area contributed by atoms with Gasteiger partial charge in [0.25, 0.3) is 5.91 Å². The fourth-order valence-electron chi connectivity index (χ4n) is 2.22. The van der Waals surface area contributed by atoms with E-state index < -0.39 is 0 Å². The Morgan fingerprint density at radius 2 is 2.04 bits per heavy atom. The van der Waals surface area contributed by atoms with Crippen molar-refractivity contribution in [2.45, 2.75) is 20.3 Å². The van der Waals surface area contributed by atoms with E-state index in [-0.39, 0.29) is 5.91 Å². The molecule has 118 valence electrons. The molecule has 0 bridgehead atoms. The molecule has 7 heteroatoms. The number of halogens is 1. The molecule has 0 spiro atoms. The van der Waals surface area contributed by atoms with Gasteiger partial charge in [0.1, 0.15) is 11.3 Å². The van der Waals surface area contributed by atoms with Crippen LogP contribution in [0.4, 0.5) is 5.13 Å². The maximum Gasteiger partial charge on any atom is 0.262 e. The maximum absolute atomic E-state index is 12.3. The van der Waals surface area contributed by atoms with Gasteiger partial charge in [-0.15, -0.1) is 11.3 Å². The number of aryl methyl sites for hydroxylation is 2. The highest BCUT2D eigenvalue weighted by Crippen LogP contribution is 2.23. The van der Waals surface area contributed by atoms with Crippen LogP contribution in [-0.4, -0.2) is 16.0 Å². The lowest BCUT2D eigenvalue weighted by Crippen LogP contribution is -2.13. The molecule has 3 aromatic rings. The Hall–Kier alpha value is -2.18. The minimum absolute atomic E-state index is 0.256. The molecule has 0 aliphatic rings. The predicted octanol–water partition coefficient (Wildman–Crippen LogP) is 4.24. The molecule has 0 saturated carbocycles. The van der Waals surface area contributed by atoms with E-state index >= 15 is 0 Å². The fourth-order valence-corrected chi connectivity index (χ4v) is 3.18. The highest BCUT2D eigenvalue weighted by Gasteiger charge is 2.18. The SMILES string of the molecule is Cc1noc(C)c1C(=O)Nc1ncc(Cc2ccc(Cl)cc2)s1. The summed E-state index contributed by atoms with van der Waals surface area (Å²) in [6.45, 7) is 3.45. The number of nitrogens with zero attached hydrogens (tertiary/aromatic N) is 2. The van der Waals surface area contributed by atoms with Crippen molar-refractivity contribution in [1.82, 2.24) is 10.1 Å². The molecule has 3 rings (SSSR count). The Morgan fingerprint density at radius 3 is 2.70 bits per heavy atom. The molecule has 2 aromatic heterocycles. The molecule has 0 unspecified atom stereocenters. The summed E-state index contributed by atoms with van der Waals surface area (Å²) in [6, 6.07) is 7.67. The van der Waals surface area contributed by atoms with Crippen LogP contribution in [0, 0.1) is 13.8 Å². The van der Waals surface area contributed by atoms with E-state index in [0.29, 0.717) is 27.2 Å². The van der Waals surface area contributed by atoms with Crippen LogP contribution in [0.5, 0.6) is 0 Å². The van der Waals surface area contributed by atoms with Gasteiger partial charge < -0.3 is 4.52 Å². The number of benzene rings is 1. The van der Waals surface area contributed by atoms with Gasteiger partial charge in [-0.3, -0.25) is 10.1 Å². The number of rotatable bonds is 4. The summed E-state index contributed by atoms with van der Waals surface area (Å²) in [4.78, 5) is 17.6. The Morgan fingerprint density at radius 1 is 1.30 bits per heavy atom. The van der Waals surface area contributed by atoms with Gasteiger partial charge in [-0.05, 0) is 31.5 Å². The van der Waals surface area contributed by atoms with Crippen LogP contribution in [0.3, 0.4) is 0 Å². The Balaban J connectivity index is 1.70. The second kappa shape index (κ2) is 6.52. The van der Waals surface area contributed by atoms with Crippen molar-refractivity contribution in [3.63, 3.8) is 0 Å². The molecule has 0 radical (unpaired) electrons. The van der Waals surface area contributed by atoms with Crippen molar-refractivity contribution in [1.29, 1.82) is 0 Å². The molecule has 2 heterocycles. The van der Waals surface area contributed by atoms with Crippen LogP contribution in [0.1, 0.15) is 32.3 Å². The van der Waals surface area contributed by atoms with Crippen LogP contribution < -0.4 is 5.32 Å². The third-order valence-corrected chi connectivity index (χ3v) is 4.49. The van der Waals surface area contributed by atoms with E-state index in [0.717, 1.165) is 16.9 Å². The van der Waals surface area contributed by atoms with E-state index in [1.165, 1.54) is 11.3 Å². The lowest BCUT2D eigenvalue weighted by atomic mass is 10.1. The lowest BCUT2D eigenvalue weighted by molar-refractivity contribution is 0.102. The van der Waals surface area contributed by atoms with Crippen LogP contribution in [0.25, 0.3) is 0 Å². The standard InChI is InChI=1S/C16H14ClN3O2S/c1-9-14(10(2)22-20-9)15(21)19-16-18-8-13(23-16)7-11-3-5-12(17)6-4-11/h3-6,8H,7H2,1-2H3,(H,18,19,21). The summed E-state index contributed by atoms with van der Waals surface area (Å²) in [5, 5.41) is 7.84. The van der Waals surface area contributed by atoms with Crippen molar-refractivity contribution < 1.29 is 9.32 Å². The molecule has 1 amide bonds. The van der Waals surface area contributed by atoms with Gasteiger partial charge in [0, 0.05) is 22.5 Å². The smallest absolute Gasteiger partial charge is 0.262 e. The Bertz CT molecular complexity index is 820. The van der Waals surface area contributed by atoms with Crippen molar-refractivity contribution in [2.24, 2.45) is 0 Å². The van der Waals surface area contributed by atoms with E-state index in [1.54, 1.807) is 20.0 Å².